The smallest absolute Gasteiger partial charge is 0.256 e. The quantitative estimate of drug-likeness (QED) is 0.0497. The van der Waals surface area contributed by atoms with Crippen LogP contribution in [0.3, 0.4) is 0 Å². The predicted octanol–water partition coefficient (Wildman–Crippen LogP) is 20.9. The summed E-state index contributed by atoms with van der Waals surface area (Å²) in [7, 11) is 0. The third-order valence-electron chi connectivity index (χ3n) is 19.7. The Morgan fingerprint density at radius 1 is 0.398 bits per heavy atom. The minimum absolute atomic E-state index is 0.166. The highest BCUT2D eigenvalue weighted by Gasteiger charge is 2.49. The van der Waals surface area contributed by atoms with E-state index in [0.29, 0.717) is 5.92 Å². The van der Waals surface area contributed by atoms with Crippen molar-refractivity contribution < 1.29 is 14.2 Å². The number of fused-ring (bicyclic) bond motifs is 8. The molecule has 6 nitrogen and oxygen atoms in total. The van der Waals surface area contributed by atoms with Gasteiger partial charge in [-0.25, -0.2) is 0 Å². The zero-order valence-electron chi connectivity index (χ0n) is 55.3. The molecular formula is C83H83B2I2N3O3. The number of halogens is 2. The molecule has 4 heterocycles. The molecule has 0 aromatic heterocycles. The van der Waals surface area contributed by atoms with Crippen LogP contribution in [0.2, 0.25) is 0 Å². The van der Waals surface area contributed by atoms with E-state index in [2.05, 4.69) is 297 Å². The minimum atomic E-state index is -0.168. The Balaban J connectivity index is 1.03. The maximum atomic E-state index is 7.74. The Labute approximate surface area is 580 Å². The summed E-state index contributed by atoms with van der Waals surface area (Å²) in [5.74, 6) is 5.25. The Hall–Kier alpha value is -7.41. The molecule has 0 aliphatic carbocycles. The molecule has 1 atom stereocenters. The van der Waals surface area contributed by atoms with Gasteiger partial charge in [0, 0.05) is 88.7 Å². The Morgan fingerprint density at radius 3 is 1.40 bits per heavy atom. The molecule has 0 saturated carbocycles. The molecule has 14 rings (SSSR count). The average Bonchev–Trinajstić information content (AvgIpc) is 0.691. The SMILES string of the molecule is CCCCc1ccc(Oc2cc3c4c(c2)N(c2ccc([C@@H](C)CCC)cc2)c2cc(C)cc(CCCC)c2B4c2cc4c(cc2O3)N(c2ccc(I)cc2)c2cc(Oc3ccc(CCCC)cc3)cc3c2B4c2c(I)cc(C)cc2N3c2ccc(CCCC)cc2)cc1. The topological polar surface area (TPSA) is 37.4 Å². The first-order chi connectivity index (χ1) is 45.4. The van der Waals surface area contributed by atoms with E-state index >= 15 is 0 Å². The van der Waals surface area contributed by atoms with E-state index in [1.807, 2.05) is 0 Å². The summed E-state index contributed by atoms with van der Waals surface area (Å²) in [4.78, 5) is 7.58. The number of unbranched alkanes of at least 4 members (excludes halogenated alkanes) is 4. The number of aryl methyl sites for hydroxylation is 6. The van der Waals surface area contributed by atoms with Gasteiger partial charge in [0.25, 0.3) is 13.4 Å². The maximum Gasteiger partial charge on any atom is 0.256 e. The van der Waals surface area contributed by atoms with Crippen LogP contribution in [-0.4, -0.2) is 13.4 Å². The van der Waals surface area contributed by atoms with Crippen LogP contribution >= 0.6 is 45.2 Å². The largest absolute Gasteiger partial charge is 0.458 e. The van der Waals surface area contributed by atoms with Crippen LogP contribution < -0.4 is 61.7 Å². The van der Waals surface area contributed by atoms with Gasteiger partial charge in [-0.15, -0.1) is 0 Å². The van der Waals surface area contributed by atoms with Crippen molar-refractivity contribution in [3.05, 3.63) is 228 Å². The van der Waals surface area contributed by atoms with Crippen LogP contribution in [0.1, 0.15) is 151 Å². The number of hydrogen-bond donors (Lipinski definition) is 0. The fourth-order valence-corrected chi connectivity index (χ4v) is 16.5. The van der Waals surface area contributed by atoms with E-state index in [0.717, 1.165) is 170 Å². The van der Waals surface area contributed by atoms with Crippen LogP contribution in [-0.2, 0) is 25.7 Å². The number of ether oxygens (including phenoxy) is 3. The molecule has 0 unspecified atom stereocenters. The van der Waals surface area contributed by atoms with Crippen LogP contribution in [0.25, 0.3) is 0 Å². The summed E-state index contributed by atoms with van der Waals surface area (Å²) in [5, 5.41) is 0. The van der Waals surface area contributed by atoms with E-state index < -0.39 is 0 Å². The minimum Gasteiger partial charge on any atom is -0.458 e. The van der Waals surface area contributed by atoms with Gasteiger partial charge in [-0.3, -0.25) is 0 Å². The molecule has 0 amide bonds. The summed E-state index contributed by atoms with van der Waals surface area (Å²) in [5.41, 5.74) is 26.8. The molecule has 468 valence electrons. The van der Waals surface area contributed by atoms with E-state index in [1.54, 1.807) is 0 Å². The molecule has 0 radical (unpaired) electrons. The monoisotopic (exact) mass is 1450 g/mol. The highest BCUT2D eigenvalue weighted by molar-refractivity contribution is 14.1. The van der Waals surface area contributed by atoms with E-state index in [4.69, 9.17) is 14.2 Å². The van der Waals surface area contributed by atoms with Crippen molar-refractivity contribution in [1.29, 1.82) is 0 Å². The van der Waals surface area contributed by atoms with Crippen LogP contribution in [0, 0.1) is 21.0 Å². The Morgan fingerprint density at radius 2 is 0.849 bits per heavy atom. The molecule has 0 saturated heterocycles. The van der Waals surface area contributed by atoms with Crippen molar-refractivity contribution in [2.24, 2.45) is 0 Å². The zero-order chi connectivity index (χ0) is 64.0. The third-order valence-corrected chi connectivity index (χ3v) is 21.4. The second-order valence-corrected chi connectivity index (χ2v) is 28.9. The first kappa shape index (κ1) is 63.0. The van der Waals surface area contributed by atoms with Crippen molar-refractivity contribution in [2.45, 2.75) is 151 Å². The Kier molecular flexibility index (Phi) is 18.4. The number of nitrogens with zero attached hydrogens (tertiary/aromatic N) is 3. The van der Waals surface area contributed by atoms with Crippen LogP contribution in [0.5, 0.6) is 34.5 Å². The fraction of sp³-hybridized carbons (Fsp3) is 0.277. The molecule has 10 heteroatoms. The summed E-state index contributed by atoms with van der Waals surface area (Å²) < 4.78 is 24.4. The normalized spacial score (nSPS) is 13.4. The number of anilines is 9. The maximum absolute atomic E-state index is 7.74. The second-order valence-electron chi connectivity index (χ2n) is 26.5. The number of benzene rings is 10. The molecule has 4 aliphatic rings. The molecule has 10 aromatic carbocycles. The molecule has 0 spiro atoms. The highest BCUT2D eigenvalue weighted by atomic mass is 127. The van der Waals surface area contributed by atoms with Crippen molar-refractivity contribution in [1.82, 2.24) is 0 Å². The number of hydrogen-bond acceptors (Lipinski definition) is 6. The standard InChI is InChI=1S/C83H83B2I2N3O3/c1-9-14-19-56-23-33-62(34-24-56)90-74-46-54(7)44-71(87)81(74)84-69-51-70-78(52-72(69)88(64-37-31-61(86)32-38-64)75-47-67(48-76(90)82(75)84)91-65-39-25-57(26-40-65)20-15-10-2)93-79-50-68(92-66-41-27-58(28-42-66)21-16-11-3)49-77-83(79)85(70)80-60(22-17-12-4)43-53(6)45-73(80)89(77)63-35-29-59(30-36-63)55(8)18-13-5/h23-52,55H,9-22H2,1-8H3/t55-/m0/s1. The van der Waals surface area contributed by atoms with Crippen LogP contribution in [0.4, 0.5) is 51.2 Å². The molecule has 4 aliphatic heterocycles. The van der Waals surface area contributed by atoms with Gasteiger partial charge in [-0.1, -0.05) is 140 Å². The lowest BCUT2D eigenvalue weighted by Gasteiger charge is -2.46. The first-order valence-corrected chi connectivity index (χ1v) is 36.6. The highest BCUT2D eigenvalue weighted by Crippen LogP contribution is 2.50. The predicted molar refractivity (Wildman–Crippen MR) is 412 cm³/mol. The van der Waals surface area contributed by atoms with Gasteiger partial charge >= 0.3 is 0 Å². The van der Waals surface area contributed by atoms with Gasteiger partial charge in [-0.2, -0.15) is 0 Å². The van der Waals surface area contributed by atoms with Gasteiger partial charge in [0.05, 0.1) is 0 Å². The van der Waals surface area contributed by atoms with E-state index in [9.17, 15) is 0 Å². The average molecular weight is 1450 g/mol. The Bertz CT molecular complexity index is 4400. The van der Waals surface area contributed by atoms with Crippen molar-refractivity contribution in [3.63, 3.8) is 0 Å². The van der Waals surface area contributed by atoms with E-state index in [1.165, 1.54) is 84.8 Å². The van der Waals surface area contributed by atoms with Crippen LogP contribution in [0.15, 0.2) is 182 Å². The lowest BCUT2D eigenvalue weighted by atomic mass is 9.30. The van der Waals surface area contributed by atoms with Gasteiger partial charge in [0.2, 0.25) is 0 Å². The van der Waals surface area contributed by atoms with Crippen molar-refractivity contribution in [2.75, 3.05) is 14.7 Å². The molecule has 0 bridgehead atoms. The molecule has 10 aromatic rings. The summed E-state index contributed by atoms with van der Waals surface area (Å²) in [6.45, 7) is 17.9. The molecular weight excluding hydrogens is 1360 g/mol. The molecule has 0 N–H and O–H groups in total. The lowest BCUT2D eigenvalue weighted by Crippen LogP contribution is -2.65. The van der Waals surface area contributed by atoms with E-state index in [-0.39, 0.29) is 13.4 Å². The molecule has 93 heavy (non-hydrogen) atoms. The lowest BCUT2D eigenvalue weighted by molar-refractivity contribution is 0.463. The van der Waals surface area contributed by atoms with Crippen molar-refractivity contribution >= 4 is 143 Å². The third kappa shape index (κ3) is 12.2. The van der Waals surface area contributed by atoms with Gasteiger partial charge in [0.15, 0.2) is 0 Å². The number of rotatable bonds is 22. The second kappa shape index (κ2) is 27.1. The van der Waals surface area contributed by atoms with Gasteiger partial charge in [0.1, 0.15) is 34.5 Å². The van der Waals surface area contributed by atoms with Crippen molar-refractivity contribution in [3.8, 4) is 34.5 Å². The zero-order valence-corrected chi connectivity index (χ0v) is 59.6. The summed E-state index contributed by atoms with van der Waals surface area (Å²) in [6.07, 6.45) is 15.6. The first-order valence-electron chi connectivity index (χ1n) is 34.5. The molecule has 0 fully saturated rings. The summed E-state index contributed by atoms with van der Waals surface area (Å²) in [6, 6.07) is 69.1. The summed E-state index contributed by atoms with van der Waals surface area (Å²) >= 11 is 5.11. The van der Waals surface area contributed by atoms with Gasteiger partial charge < -0.3 is 28.9 Å². The fourth-order valence-electron chi connectivity index (χ4n) is 15.1. The van der Waals surface area contributed by atoms with Gasteiger partial charge in [-0.05, 0) is 280 Å².